The van der Waals surface area contributed by atoms with Crippen molar-refractivity contribution in [3.8, 4) is 6.07 Å². The molecule has 168 valence electrons. The maximum absolute atomic E-state index is 12.9. The predicted octanol–water partition coefficient (Wildman–Crippen LogP) is 4.90. The number of ether oxygens (including phenoxy) is 1. The third kappa shape index (κ3) is 6.49. The molecule has 32 heavy (non-hydrogen) atoms. The first kappa shape index (κ1) is 24.8. The van der Waals surface area contributed by atoms with Crippen LogP contribution in [0.1, 0.15) is 18.1 Å². The van der Waals surface area contributed by atoms with Crippen LogP contribution in [0.2, 0.25) is 5.02 Å². The fourth-order valence-corrected chi connectivity index (χ4v) is 2.65. The van der Waals surface area contributed by atoms with Gasteiger partial charge in [-0.1, -0.05) is 23.7 Å². The first-order valence-corrected chi connectivity index (χ1v) is 9.58. The number of nitriles is 1. The first-order chi connectivity index (χ1) is 14.9. The normalized spacial score (nSPS) is 12.5. The molecule has 0 aliphatic heterocycles. The molecule has 0 radical (unpaired) electrons. The Balaban J connectivity index is 2.10. The van der Waals surface area contributed by atoms with Gasteiger partial charge in [-0.05, 0) is 48.9 Å². The predicted molar refractivity (Wildman–Crippen MR) is 115 cm³/mol. The van der Waals surface area contributed by atoms with Gasteiger partial charge in [0, 0.05) is 19.8 Å². The van der Waals surface area contributed by atoms with Crippen LogP contribution < -0.4 is 10.2 Å². The summed E-state index contributed by atoms with van der Waals surface area (Å²) in [5.74, 6) is -1.96. The average molecular weight is 466 g/mol. The molecule has 0 fully saturated rings. The van der Waals surface area contributed by atoms with E-state index in [9.17, 15) is 28.0 Å². The molecular weight excluding hydrogens is 447 g/mol. The number of hydrogen-bond donors (Lipinski definition) is 1. The van der Waals surface area contributed by atoms with E-state index in [2.05, 4.69) is 5.32 Å². The second-order valence-corrected chi connectivity index (χ2v) is 7.29. The number of halogens is 4. The molecule has 0 aromatic heterocycles. The van der Waals surface area contributed by atoms with E-state index in [0.29, 0.717) is 11.6 Å². The van der Waals surface area contributed by atoms with Crippen molar-refractivity contribution in [2.45, 2.75) is 19.2 Å². The number of amides is 1. The molecule has 0 saturated carbocycles. The van der Waals surface area contributed by atoms with Crippen LogP contribution >= 0.6 is 11.6 Å². The molecule has 0 unspecified atom stereocenters. The topological polar surface area (TPSA) is 82.4 Å². The summed E-state index contributed by atoms with van der Waals surface area (Å²) < 4.78 is 43.6. The van der Waals surface area contributed by atoms with Crippen LogP contribution in [0.15, 0.2) is 48.0 Å². The van der Waals surface area contributed by atoms with Gasteiger partial charge in [-0.15, -0.1) is 0 Å². The molecule has 2 rings (SSSR count). The molecule has 0 bridgehead atoms. The first-order valence-electron chi connectivity index (χ1n) is 9.20. The third-order valence-electron chi connectivity index (χ3n) is 4.27. The Morgan fingerprint density at radius 3 is 2.34 bits per heavy atom. The number of carbonyl (C=O) groups is 2. The van der Waals surface area contributed by atoms with Gasteiger partial charge in [0.15, 0.2) is 6.10 Å². The SMILES string of the molecule is C[C@@H](OC(=O)/C(C#N)=C/c1ccc(N(C)C)cc1)C(=O)Nc1cc(C(F)(F)F)ccc1Cl. The standard InChI is InChI=1S/C22H19ClF3N3O3/c1-13(20(30)28-19-11-16(22(24,25)26)6-9-18(19)23)32-21(31)15(12-27)10-14-4-7-17(8-5-14)29(2)3/h4-11,13H,1-3H3,(H,28,30)/b15-10+/t13-/m1/s1. The van der Waals surface area contributed by atoms with Gasteiger partial charge in [-0.2, -0.15) is 18.4 Å². The van der Waals surface area contributed by atoms with Crippen LogP contribution in [0, 0.1) is 11.3 Å². The summed E-state index contributed by atoms with van der Waals surface area (Å²) in [5, 5.41) is 11.4. The second-order valence-electron chi connectivity index (χ2n) is 6.88. The zero-order chi connectivity index (χ0) is 24.1. The lowest BCUT2D eigenvalue weighted by atomic mass is 10.1. The highest BCUT2D eigenvalue weighted by atomic mass is 35.5. The number of nitrogens with one attached hydrogen (secondary N) is 1. The Morgan fingerprint density at radius 2 is 1.81 bits per heavy atom. The van der Waals surface area contributed by atoms with Gasteiger partial charge < -0.3 is 15.0 Å². The fraction of sp³-hybridized carbons (Fsp3) is 0.227. The number of rotatable bonds is 6. The third-order valence-corrected chi connectivity index (χ3v) is 4.60. The van der Waals surface area contributed by atoms with Crippen LogP contribution in [0.4, 0.5) is 24.5 Å². The van der Waals surface area contributed by atoms with Gasteiger partial charge in [0.25, 0.3) is 5.91 Å². The molecule has 0 saturated heterocycles. The van der Waals surface area contributed by atoms with Gasteiger partial charge >= 0.3 is 12.1 Å². The maximum Gasteiger partial charge on any atom is 0.416 e. The minimum Gasteiger partial charge on any atom is -0.448 e. The highest BCUT2D eigenvalue weighted by Crippen LogP contribution is 2.33. The van der Waals surface area contributed by atoms with E-state index >= 15 is 0 Å². The summed E-state index contributed by atoms with van der Waals surface area (Å²) in [4.78, 5) is 26.5. The van der Waals surface area contributed by atoms with Crippen molar-refractivity contribution in [2.75, 3.05) is 24.3 Å². The molecule has 1 amide bonds. The Labute approximate surface area is 187 Å². The minimum atomic E-state index is -4.63. The van der Waals surface area contributed by atoms with Gasteiger partial charge in [-0.25, -0.2) is 4.79 Å². The Bertz CT molecular complexity index is 1070. The molecule has 0 aliphatic rings. The smallest absolute Gasteiger partial charge is 0.416 e. The summed E-state index contributed by atoms with van der Waals surface area (Å²) in [7, 11) is 3.73. The molecule has 1 atom stereocenters. The largest absolute Gasteiger partial charge is 0.448 e. The zero-order valence-electron chi connectivity index (χ0n) is 17.3. The molecule has 0 aliphatic carbocycles. The van der Waals surface area contributed by atoms with E-state index in [1.54, 1.807) is 30.3 Å². The fourth-order valence-electron chi connectivity index (χ4n) is 2.48. The number of carbonyl (C=O) groups excluding carboxylic acids is 2. The highest BCUT2D eigenvalue weighted by Gasteiger charge is 2.31. The summed E-state index contributed by atoms with van der Waals surface area (Å²) in [6.07, 6.45) is -4.73. The summed E-state index contributed by atoms with van der Waals surface area (Å²) >= 11 is 5.85. The molecule has 2 aromatic carbocycles. The number of alkyl halides is 3. The van der Waals surface area contributed by atoms with Crippen molar-refractivity contribution in [1.29, 1.82) is 5.26 Å². The van der Waals surface area contributed by atoms with Gasteiger partial charge in [0.2, 0.25) is 0 Å². The van der Waals surface area contributed by atoms with Gasteiger partial charge in [0.05, 0.1) is 16.3 Å². The molecule has 2 aromatic rings. The van der Waals surface area contributed by atoms with Crippen molar-refractivity contribution >= 4 is 40.9 Å². The number of hydrogen-bond acceptors (Lipinski definition) is 5. The zero-order valence-corrected chi connectivity index (χ0v) is 18.1. The van der Waals surface area contributed by atoms with E-state index in [4.69, 9.17) is 16.3 Å². The van der Waals surface area contributed by atoms with Gasteiger partial charge in [0.1, 0.15) is 11.6 Å². The van der Waals surface area contributed by atoms with Crippen LogP contribution in [0.25, 0.3) is 6.08 Å². The summed E-state index contributed by atoms with van der Waals surface area (Å²) in [6.45, 7) is 1.22. The molecule has 0 heterocycles. The summed E-state index contributed by atoms with van der Waals surface area (Å²) in [5.41, 5.74) is -0.152. The van der Waals surface area contributed by atoms with E-state index in [-0.39, 0.29) is 16.3 Å². The molecular formula is C22H19ClF3N3O3. The number of benzene rings is 2. The highest BCUT2D eigenvalue weighted by molar-refractivity contribution is 6.33. The second kappa shape index (κ2) is 10.2. The van der Waals surface area contributed by atoms with Crippen LogP contribution in [-0.2, 0) is 20.5 Å². The van der Waals surface area contributed by atoms with E-state index in [0.717, 1.165) is 17.8 Å². The van der Waals surface area contributed by atoms with E-state index in [1.807, 2.05) is 19.0 Å². The van der Waals surface area contributed by atoms with Crippen molar-refractivity contribution < 1.29 is 27.5 Å². The van der Waals surface area contributed by atoms with Crippen molar-refractivity contribution in [3.05, 3.63) is 64.2 Å². The number of anilines is 2. The lowest BCUT2D eigenvalue weighted by Gasteiger charge is -2.15. The molecule has 0 spiro atoms. The lowest BCUT2D eigenvalue weighted by Crippen LogP contribution is -2.30. The van der Waals surface area contributed by atoms with E-state index in [1.165, 1.54) is 13.0 Å². The van der Waals surface area contributed by atoms with Crippen molar-refractivity contribution in [2.24, 2.45) is 0 Å². The van der Waals surface area contributed by atoms with Gasteiger partial charge in [-0.3, -0.25) is 4.79 Å². The lowest BCUT2D eigenvalue weighted by molar-refractivity contribution is -0.148. The van der Waals surface area contributed by atoms with E-state index < -0.39 is 29.7 Å². The van der Waals surface area contributed by atoms with Crippen LogP contribution in [-0.4, -0.2) is 32.1 Å². The summed E-state index contributed by atoms with van der Waals surface area (Å²) in [6, 6.07) is 11.1. The monoisotopic (exact) mass is 465 g/mol. The Hall–Kier alpha value is -3.51. The van der Waals surface area contributed by atoms with Crippen LogP contribution in [0.5, 0.6) is 0 Å². The van der Waals surface area contributed by atoms with Crippen LogP contribution in [0.3, 0.4) is 0 Å². The number of nitrogens with zero attached hydrogens (tertiary/aromatic N) is 2. The quantitative estimate of drug-likeness (QED) is 0.372. The maximum atomic E-state index is 12.9. The van der Waals surface area contributed by atoms with Crippen molar-refractivity contribution in [3.63, 3.8) is 0 Å². The molecule has 6 nitrogen and oxygen atoms in total. The average Bonchev–Trinajstić information content (AvgIpc) is 2.72. The Morgan fingerprint density at radius 1 is 1.19 bits per heavy atom. The van der Waals surface area contributed by atoms with Crippen molar-refractivity contribution in [1.82, 2.24) is 0 Å². The minimum absolute atomic E-state index is 0.122. The Kier molecular flexibility index (Phi) is 7.89. The molecule has 1 N–H and O–H groups in total. The molecule has 10 heteroatoms. The number of esters is 1.